The summed E-state index contributed by atoms with van der Waals surface area (Å²) in [6.45, 7) is -0.875. The van der Waals surface area contributed by atoms with Gasteiger partial charge < -0.3 is 10.1 Å². The van der Waals surface area contributed by atoms with Crippen LogP contribution in [0, 0.1) is 6.92 Å². The highest BCUT2D eigenvalue weighted by Crippen LogP contribution is 2.17. The molecule has 1 amide bonds. The molecule has 114 valence electrons. The first-order chi connectivity index (χ1) is 10.5. The van der Waals surface area contributed by atoms with Gasteiger partial charge in [-0.05, 0) is 42.8 Å². The summed E-state index contributed by atoms with van der Waals surface area (Å²) < 4.78 is 28.3. The molecule has 2 rings (SSSR count). The number of carbonyl (C=O) groups is 1. The Kier molecular flexibility index (Phi) is 5.25. The number of anilines is 1. The number of ether oxygens (including phenoxy) is 1. The van der Waals surface area contributed by atoms with Crippen LogP contribution in [0.2, 0.25) is 0 Å². The number of nitrogens with one attached hydrogen (secondary N) is 1. The molecule has 22 heavy (non-hydrogen) atoms. The maximum Gasteiger partial charge on any atom is 0.387 e. The fraction of sp³-hybridized carbons (Fsp3) is 0.118. The zero-order valence-corrected chi connectivity index (χ0v) is 11.9. The Morgan fingerprint density at radius 3 is 2.32 bits per heavy atom. The van der Waals surface area contributed by atoms with Crippen molar-refractivity contribution in [1.82, 2.24) is 0 Å². The molecule has 0 saturated carbocycles. The molecule has 0 heterocycles. The lowest BCUT2D eigenvalue weighted by Crippen LogP contribution is -2.08. The Labute approximate surface area is 127 Å². The van der Waals surface area contributed by atoms with Gasteiger partial charge in [0.2, 0.25) is 5.91 Å². The molecule has 0 unspecified atom stereocenters. The lowest BCUT2D eigenvalue weighted by Gasteiger charge is -2.06. The maximum absolute atomic E-state index is 12.0. The number of alkyl halides is 2. The van der Waals surface area contributed by atoms with E-state index >= 15 is 0 Å². The SMILES string of the molecule is Cc1ccc(/C=C/C(=O)Nc2ccc(OC(F)F)cc2)cc1. The number of rotatable bonds is 5. The monoisotopic (exact) mass is 303 g/mol. The van der Waals surface area contributed by atoms with Gasteiger partial charge in [0.1, 0.15) is 5.75 Å². The molecule has 2 aromatic rings. The quantitative estimate of drug-likeness (QED) is 0.839. The van der Waals surface area contributed by atoms with Crippen LogP contribution in [0.5, 0.6) is 5.75 Å². The summed E-state index contributed by atoms with van der Waals surface area (Å²) in [5.74, 6) is -0.258. The van der Waals surface area contributed by atoms with E-state index in [0.717, 1.165) is 11.1 Å². The molecule has 0 bridgehead atoms. The van der Waals surface area contributed by atoms with Gasteiger partial charge in [0, 0.05) is 11.8 Å². The first-order valence-electron chi connectivity index (χ1n) is 6.63. The van der Waals surface area contributed by atoms with E-state index in [-0.39, 0.29) is 11.7 Å². The third-order valence-electron chi connectivity index (χ3n) is 2.85. The molecule has 0 aliphatic rings. The van der Waals surface area contributed by atoms with Crippen LogP contribution in [0.3, 0.4) is 0 Å². The summed E-state index contributed by atoms with van der Waals surface area (Å²) in [4.78, 5) is 11.8. The van der Waals surface area contributed by atoms with Gasteiger partial charge in [-0.25, -0.2) is 0 Å². The lowest BCUT2D eigenvalue weighted by molar-refractivity contribution is -0.111. The van der Waals surface area contributed by atoms with Gasteiger partial charge in [-0.1, -0.05) is 29.8 Å². The fourth-order valence-corrected chi connectivity index (χ4v) is 1.75. The predicted molar refractivity (Wildman–Crippen MR) is 81.9 cm³/mol. The minimum atomic E-state index is -2.86. The first-order valence-corrected chi connectivity index (χ1v) is 6.63. The summed E-state index contributed by atoms with van der Waals surface area (Å²) >= 11 is 0. The van der Waals surface area contributed by atoms with Crippen molar-refractivity contribution in [2.45, 2.75) is 13.5 Å². The van der Waals surface area contributed by atoms with Gasteiger partial charge in [-0.2, -0.15) is 8.78 Å². The maximum atomic E-state index is 12.0. The summed E-state index contributed by atoms with van der Waals surface area (Å²) in [5.41, 5.74) is 2.56. The summed E-state index contributed by atoms with van der Waals surface area (Å²) in [5, 5.41) is 2.64. The second-order valence-corrected chi connectivity index (χ2v) is 4.64. The van der Waals surface area contributed by atoms with Gasteiger partial charge in [-0.3, -0.25) is 4.79 Å². The van der Waals surface area contributed by atoms with Crippen molar-refractivity contribution in [3.8, 4) is 5.75 Å². The zero-order chi connectivity index (χ0) is 15.9. The minimum absolute atomic E-state index is 0.0446. The van der Waals surface area contributed by atoms with E-state index in [2.05, 4.69) is 10.1 Å². The largest absolute Gasteiger partial charge is 0.435 e. The van der Waals surface area contributed by atoms with E-state index < -0.39 is 6.61 Å². The molecule has 0 aliphatic carbocycles. The molecule has 0 radical (unpaired) electrons. The smallest absolute Gasteiger partial charge is 0.387 e. The second-order valence-electron chi connectivity index (χ2n) is 4.64. The molecule has 0 aromatic heterocycles. The number of halogens is 2. The Balaban J connectivity index is 1.92. The van der Waals surface area contributed by atoms with Crippen molar-refractivity contribution in [3.05, 3.63) is 65.7 Å². The second kappa shape index (κ2) is 7.36. The number of hydrogen-bond acceptors (Lipinski definition) is 2. The Morgan fingerprint density at radius 2 is 1.73 bits per heavy atom. The lowest BCUT2D eigenvalue weighted by atomic mass is 10.1. The molecule has 0 spiro atoms. The average Bonchev–Trinajstić information content (AvgIpc) is 2.48. The highest BCUT2D eigenvalue weighted by molar-refractivity contribution is 6.01. The van der Waals surface area contributed by atoms with Crippen molar-refractivity contribution in [2.24, 2.45) is 0 Å². The number of carbonyl (C=O) groups excluding carboxylic acids is 1. The van der Waals surface area contributed by atoms with E-state index in [4.69, 9.17) is 0 Å². The first kappa shape index (κ1) is 15.7. The highest BCUT2D eigenvalue weighted by Gasteiger charge is 2.04. The standard InChI is InChI=1S/C17H15F2NO2/c1-12-2-4-13(5-3-12)6-11-16(21)20-14-7-9-15(10-8-14)22-17(18)19/h2-11,17H,1H3,(H,20,21)/b11-6+. The summed E-state index contributed by atoms with van der Waals surface area (Å²) in [6, 6.07) is 13.5. The van der Waals surface area contributed by atoms with Crippen molar-refractivity contribution >= 4 is 17.7 Å². The summed E-state index contributed by atoms with van der Waals surface area (Å²) in [7, 11) is 0. The molecule has 5 heteroatoms. The van der Waals surface area contributed by atoms with Crippen molar-refractivity contribution in [1.29, 1.82) is 0 Å². The van der Waals surface area contributed by atoms with Crippen molar-refractivity contribution < 1.29 is 18.3 Å². The van der Waals surface area contributed by atoms with E-state index in [9.17, 15) is 13.6 Å². The predicted octanol–water partition coefficient (Wildman–Crippen LogP) is 4.25. The van der Waals surface area contributed by atoms with Crippen LogP contribution in [0.1, 0.15) is 11.1 Å². The van der Waals surface area contributed by atoms with Crippen LogP contribution in [-0.2, 0) is 4.79 Å². The van der Waals surface area contributed by atoms with Gasteiger partial charge in [0.25, 0.3) is 0 Å². The number of benzene rings is 2. The summed E-state index contributed by atoms with van der Waals surface area (Å²) in [6.07, 6.45) is 3.11. The third-order valence-corrected chi connectivity index (χ3v) is 2.85. The van der Waals surface area contributed by atoms with Gasteiger partial charge in [-0.15, -0.1) is 0 Å². The van der Waals surface area contributed by atoms with Crippen molar-refractivity contribution in [3.63, 3.8) is 0 Å². The van der Waals surface area contributed by atoms with Crippen molar-refractivity contribution in [2.75, 3.05) is 5.32 Å². The van der Waals surface area contributed by atoms with E-state index in [1.807, 2.05) is 31.2 Å². The molecular formula is C17H15F2NO2. The molecule has 1 N–H and O–H groups in total. The molecule has 0 atom stereocenters. The normalized spacial score (nSPS) is 10.9. The van der Waals surface area contributed by atoms with Crippen LogP contribution in [-0.4, -0.2) is 12.5 Å². The Hall–Kier alpha value is -2.69. The fourth-order valence-electron chi connectivity index (χ4n) is 1.75. The molecule has 0 aliphatic heterocycles. The van der Waals surface area contributed by atoms with Crippen LogP contribution in [0.15, 0.2) is 54.6 Å². The van der Waals surface area contributed by atoms with E-state index in [1.54, 1.807) is 6.08 Å². The van der Waals surface area contributed by atoms with Crippen LogP contribution in [0.25, 0.3) is 6.08 Å². The van der Waals surface area contributed by atoms with E-state index in [1.165, 1.54) is 30.3 Å². The highest BCUT2D eigenvalue weighted by atomic mass is 19.3. The van der Waals surface area contributed by atoms with Crippen LogP contribution in [0.4, 0.5) is 14.5 Å². The minimum Gasteiger partial charge on any atom is -0.435 e. The van der Waals surface area contributed by atoms with Gasteiger partial charge in [0.05, 0.1) is 0 Å². The topological polar surface area (TPSA) is 38.3 Å². The molecule has 0 fully saturated rings. The Bertz CT molecular complexity index is 649. The van der Waals surface area contributed by atoms with Gasteiger partial charge in [0.15, 0.2) is 0 Å². The molecule has 0 saturated heterocycles. The number of amides is 1. The third kappa shape index (κ3) is 5.01. The molecular weight excluding hydrogens is 288 g/mol. The zero-order valence-electron chi connectivity index (χ0n) is 11.9. The van der Waals surface area contributed by atoms with Crippen LogP contribution < -0.4 is 10.1 Å². The van der Waals surface area contributed by atoms with E-state index in [0.29, 0.717) is 5.69 Å². The Morgan fingerprint density at radius 1 is 1.09 bits per heavy atom. The molecule has 3 nitrogen and oxygen atoms in total. The number of hydrogen-bond donors (Lipinski definition) is 1. The van der Waals surface area contributed by atoms with Crippen LogP contribution >= 0.6 is 0 Å². The average molecular weight is 303 g/mol. The number of aryl methyl sites for hydroxylation is 1. The molecule has 2 aromatic carbocycles. The van der Waals surface area contributed by atoms with Gasteiger partial charge >= 0.3 is 6.61 Å².